The van der Waals surface area contributed by atoms with Crippen LogP contribution >= 0.6 is 0 Å². The largest absolute Gasteiger partial charge is 0.377 e. The van der Waals surface area contributed by atoms with E-state index in [4.69, 9.17) is 0 Å². The van der Waals surface area contributed by atoms with E-state index in [1.165, 1.54) is 23.4 Å². The van der Waals surface area contributed by atoms with Crippen LogP contribution in [0.25, 0.3) is 6.08 Å². The number of benzene rings is 2. The molecule has 0 saturated carbocycles. The van der Waals surface area contributed by atoms with Gasteiger partial charge in [-0.05, 0) is 60.9 Å². The normalized spacial score (nSPS) is 18.2. The van der Waals surface area contributed by atoms with E-state index >= 15 is 0 Å². The lowest BCUT2D eigenvalue weighted by Crippen LogP contribution is -2.42. The van der Waals surface area contributed by atoms with E-state index in [0.29, 0.717) is 11.6 Å². The molecule has 0 spiro atoms. The molecule has 130 valence electrons. The van der Waals surface area contributed by atoms with Crippen molar-refractivity contribution in [1.82, 2.24) is 4.90 Å². The van der Waals surface area contributed by atoms with Gasteiger partial charge < -0.3 is 9.80 Å². The number of piperidine rings is 1. The van der Waals surface area contributed by atoms with Crippen molar-refractivity contribution >= 4 is 11.8 Å². The summed E-state index contributed by atoms with van der Waals surface area (Å²) in [6.45, 7) is 3.10. The van der Waals surface area contributed by atoms with Gasteiger partial charge in [-0.2, -0.15) is 0 Å². The van der Waals surface area contributed by atoms with E-state index < -0.39 is 11.6 Å². The second kappa shape index (κ2) is 6.87. The maximum absolute atomic E-state index is 13.3. The first kappa shape index (κ1) is 16.1. The third-order valence-electron chi connectivity index (χ3n) is 5.28. The second-order valence-corrected chi connectivity index (χ2v) is 6.83. The molecule has 2 aliphatic heterocycles. The van der Waals surface area contributed by atoms with Crippen molar-refractivity contribution in [3.63, 3.8) is 0 Å². The van der Waals surface area contributed by atoms with Gasteiger partial charge in [-0.15, -0.1) is 0 Å². The zero-order valence-electron chi connectivity index (χ0n) is 14.2. The molecule has 2 aliphatic rings. The maximum atomic E-state index is 13.3. The number of rotatable bonds is 3. The predicted octanol–water partition coefficient (Wildman–Crippen LogP) is 4.46. The summed E-state index contributed by atoms with van der Waals surface area (Å²) >= 11 is 0. The topological polar surface area (TPSA) is 6.48 Å². The number of likely N-dealkylation sites (tertiary alicyclic amines) is 1. The first-order chi connectivity index (χ1) is 12.2. The summed E-state index contributed by atoms with van der Waals surface area (Å²) in [6, 6.07) is 13.3. The number of nitrogens with zero attached hydrogens (tertiary/aromatic N) is 2. The molecule has 0 N–H and O–H groups in total. The Labute approximate surface area is 147 Å². The smallest absolute Gasteiger partial charge is 0.159 e. The highest BCUT2D eigenvalue weighted by Gasteiger charge is 2.28. The summed E-state index contributed by atoms with van der Waals surface area (Å²) in [4.78, 5) is 4.82. The molecule has 0 amide bonds. The fourth-order valence-corrected chi connectivity index (χ4v) is 3.90. The molecule has 0 aliphatic carbocycles. The molecule has 4 heteroatoms. The molecule has 0 radical (unpaired) electrons. The number of anilines is 1. The molecule has 2 aromatic carbocycles. The van der Waals surface area contributed by atoms with Crippen LogP contribution < -0.4 is 4.90 Å². The summed E-state index contributed by atoms with van der Waals surface area (Å²) in [5.74, 6) is -1.60. The third-order valence-corrected chi connectivity index (χ3v) is 5.28. The minimum Gasteiger partial charge on any atom is -0.377 e. The summed E-state index contributed by atoms with van der Waals surface area (Å²) in [5, 5.41) is 0. The van der Waals surface area contributed by atoms with Crippen molar-refractivity contribution in [2.45, 2.75) is 25.3 Å². The lowest BCUT2D eigenvalue weighted by Gasteiger charge is -2.37. The van der Waals surface area contributed by atoms with Gasteiger partial charge in [0, 0.05) is 31.4 Å². The maximum Gasteiger partial charge on any atom is 0.159 e. The zero-order chi connectivity index (χ0) is 17.2. The highest BCUT2D eigenvalue weighted by Crippen LogP contribution is 2.32. The average Bonchev–Trinajstić information content (AvgIpc) is 3.07. The van der Waals surface area contributed by atoms with Gasteiger partial charge >= 0.3 is 0 Å². The summed E-state index contributed by atoms with van der Waals surface area (Å²) in [5.41, 5.74) is 3.55. The van der Waals surface area contributed by atoms with E-state index in [1.807, 2.05) is 12.3 Å². The minimum atomic E-state index is -0.802. The van der Waals surface area contributed by atoms with E-state index in [1.54, 1.807) is 6.07 Å². The van der Waals surface area contributed by atoms with Crippen molar-refractivity contribution in [3.8, 4) is 0 Å². The fourth-order valence-electron chi connectivity index (χ4n) is 3.90. The highest BCUT2D eigenvalue weighted by atomic mass is 19.2. The molecule has 25 heavy (non-hydrogen) atoms. The van der Waals surface area contributed by atoms with Gasteiger partial charge in [0.25, 0.3) is 0 Å². The molecule has 2 aromatic rings. The predicted molar refractivity (Wildman–Crippen MR) is 97.5 cm³/mol. The molecule has 1 fully saturated rings. The number of para-hydroxylation sites is 1. The van der Waals surface area contributed by atoms with Crippen LogP contribution in [0.1, 0.15) is 24.0 Å². The monoisotopic (exact) mass is 340 g/mol. The van der Waals surface area contributed by atoms with E-state index in [2.05, 4.69) is 34.1 Å². The number of fused-ring (bicyclic) bond motifs is 1. The Morgan fingerprint density at radius 3 is 2.52 bits per heavy atom. The average molecular weight is 340 g/mol. The first-order valence-electron chi connectivity index (χ1n) is 8.92. The Kier molecular flexibility index (Phi) is 4.43. The molecule has 2 nitrogen and oxygen atoms in total. The molecule has 4 rings (SSSR count). The Morgan fingerprint density at radius 1 is 0.920 bits per heavy atom. The fraction of sp³-hybridized carbons (Fsp3) is 0.333. The number of hydrogen-bond donors (Lipinski definition) is 0. The summed E-state index contributed by atoms with van der Waals surface area (Å²) in [7, 11) is 0. The molecule has 0 bridgehead atoms. The summed E-state index contributed by atoms with van der Waals surface area (Å²) < 4.78 is 26.2. The van der Waals surface area contributed by atoms with Crippen LogP contribution in [0, 0.1) is 11.6 Å². The lowest BCUT2D eigenvalue weighted by molar-refractivity contribution is 0.280. The molecule has 0 unspecified atom stereocenters. The second-order valence-electron chi connectivity index (χ2n) is 6.83. The van der Waals surface area contributed by atoms with Crippen LogP contribution in [0.2, 0.25) is 0 Å². The quantitative estimate of drug-likeness (QED) is 0.814. The Bertz CT molecular complexity index is 779. The van der Waals surface area contributed by atoms with Gasteiger partial charge in [-0.25, -0.2) is 8.78 Å². The van der Waals surface area contributed by atoms with Crippen LogP contribution in [0.3, 0.4) is 0 Å². The van der Waals surface area contributed by atoms with Gasteiger partial charge in [0.1, 0.15) is 0 Å². The van der Waals surface area contributed by atoms with E-state index in [0.717, 1.165) is 38.9 Å². The first-order valence-corrected chi connectivity index (χ1v) is 8.92. The van der Waals surface area contributed by atoms with Gasteiger partial charge in [0.15, 0.2) is 11.6 Å². The van der Waals surface area contributed by atoms with E-state index in [-0.39, 0.29) is 0 Å². The van der Waals surface area contributed by atoms with Gasteiger partial charge in [0.05, 0.1) is 0 Å². The van der Waals surface area contributed by atoms with Crippen LogP contribution in [-0.2, 0) is 6.42 Å². The van der Waals surface area contributed by atoms with Crippen LogP contribution in [-0.4, -0.2) is 30.6 Å². The zero-order valence-corrected chi connectivity index (χ0v) is 14.2. The Balaban J connectivity index is 1.36. The van der Waals surface area contributed by atoms with Gasteiger partial charge in [-0.3, -0.25) is 0 Å². The molecule has 0 aromatic heterocycles. The number of halogens is 2. The van der Waals surface area contributed by atoms with Gasteiger partial charge in [-0.1, -0.05) is 24.3 Å². The van der Waals surface area contributed by atoms with E-state index in [9.17, 15) is 8.78 Å². The van der Waals surface area contributed by atoms with Crippen molar-refractivity contribution in [2.24, 2.45) is 0 Å². The molecule has 1 saturated heterocycles. The summed E-state index contributed by atoms with van der Waals surface area (Å²) in [6.07, 6.45) is 7.24. The molecular weight excluding hydrogens is 318 g/mol. The van der Waals surface area contributed by atoms with Crippen molar-refractivity contribution < 1.29 is 8.78 Å². The molecule has 0 atom stereocenters. The SMILES string of the molecule is Fc1ccc(C=CN2CCC(N3CCc4ccccc43)CC2)cc1F. The van der Waals surface area contributed by atoms with Crippen LogP contribution in [0.15, 0.2) is 48.7 Å². The molecular formula is C21H22F2N2. The van der Waals surface area contributed by atoms with Crippen molar-refractivity contribution in [1.29, 1.82) is 0 Å². The Hall–Kier alpha value is -2.36. The number of hydrogen-bond acceptors (Lipinski definition) is 2. The van der Waals surface area contributed by atoms with Crippen LogP contribution in [0.5, 0.6) is 0 Å². The van der Waals surface area contributed by atoms with Crippen molar-refractivity contribution in [3.05, 3.63) is 71.4 Å². The third kappa shape index (κ3) is 3.39. The minimum absolute atomic E-state index is 0.594. The standard InChI is InChI=1S/C21H22F2N2/c22-19-6-5-16(15-20(19)23)7-11-24-12-9-18(10-13-24)25-14-8-17-3-1-2-4-21(17)25/h1-7,11,15,18H,8-10,12-14H2. The van der Waals surface area contributed by atoms with Crippen LogP contribution in [0.4, 0.5) is 14.5 Å². The highest BCUT2D eigenvalue weighted by molar-refractivity contribution is 5.58. The van der Waals surface area contributed by atoms with Gasteiger partial charge in [0.2, 0.25) is 0 Å². The Morgan fingerprint density at radius 2 is 1.72 bits per heavy atom. The van der Waals surface area contributed by atoms with Crippen molar-refractivity contribution in [2.75, 3.05) is 24.5 Å². The molecule has 2 heterocycles. The lowest BCUT2D eigenvalue weighted by atomic mass is 10.0.